The van der Waals surface area contributed by atoms with E-state index in [0.717, 1.165) is 12.0 Å². The second-order valence-electron chi connectivity index (χ2n) is 3.33. The van der Waals surface area contributed by atoms with Gasteiger partial charge in [-0.05, 0) is 23.5 Å². The lowest BCUT2D eigenvalue weighted by Crippen LogP contribution is -2.00. The molecule has 0 bridgehead atoms. The Morgan fingerprint density at radius 1 is 1.36 bits per heavy atom. The molecule has 1 N–H and O–H groups in total. The second-order valence-corrected chi connectivity index (χ2v) is 3.33. The zero-order valence-corrected chi connectivity index (χ0v) is 6.62. The van der Waals surface area contributed by atoms with Crippen LogP contribution in [-0.2, 0) is 6.42 Å². The van der Waals surface area contributed by atoms with Gasteiger partial charge >= 0.3 is 0 Å². The molecule has 0 saturated carbocycles. The number of hydrogen-bond acceptors (Lipinski definition) is 1. The normalized spacial score (nSPS) is 28.5. The van der Waals surface area contributed by atoms with E-state index in [2.05, 4.69) is 13.0 Å². The average molecular weight is 148 g/mol. The van der Waals surface area contributed by atoms with Crippen molar-refractivity contribution in [3.8, 4) is 0 Å². The quantitative estimate of drug-likeness (QED) is 0.596. The fourth-order valence-electron chi connectivity index (χ4n) is 1.77. The molecule has 58 valence electrons. The van der Waals surface area contributed by atoms with Gasteiger partial charge in [-0.1, -0.05) is 31.2 Å². The first-order chi connectivity index (χ1) is 5.29. The van der Waals surface area contributed by atoms with Crippen LogP contribution in [0, 0.1) is 5.92 Å². The van der Waals surface area contributed by atoms with Gasteiger partial charge in [-0.15, -0.1) is 0 Å². The highest BCUT2D eigenvalue weighted by molar-refractivity contribution is 5.34. The van der Waals surface area contributed by atoms with E-state index < -0.39 is 0 Å². The van der Waals surface area contributed by atoms with Crippen LogP contribution >= 0.6 is 0 Å². The van der Waals surface area contributed by atoms with Gasteiger partial charge in [0.05, 0.1) is 6.10 Å². The summed E-state index contributed by atoms with van der Waals surface area (Å²) in [6, 6.07) is 8.13. The van der Waals surface area contributed by atoms with Crippen LogP contribution in [0.4, 0.5) is 0 Å². The van der Waals surface area contributed by atoms with Crippen LogP contribution in [0.3, 0.4) is 0 Å². The monoisotopic (exact) mass is 148 g/mol. The van der Waals surface area contributed by atoms with Crippen LogP contribution in [-0.4, -0.2) is 5.11 Å². The Labute approximate surface area is 66.7 Å². The van der Waals surface area contributed by atoms with Gasteiger partial charge in [0.2, 0.25) is 0 Å². The molecule has 0 aromatic heterocycles. The second kappa shape index (κ2) is 2.35. The molecule has 1 aromatic carbocycles. The molecule has 2 rings (SSSR count). The first-order valence-electron chi connectivity index (χ1n) is 4.05. The lowest BCUT2D eigenvalue weighted by Gasteiger charge is -2.07. The Bertz CT molecular complexity index is 267. The molecule has 0 spiro atoms. The van der Waals surface area contributed by atoms with E-state index >= 15 is 0 Å². The van der Waals surface area contributed by atoms with Crippen LogP contribution < -0.4 is 0 Å². The predicted molar refractivity (Wildman–Crippen MR) is 44.3 cm³/mol. The molecule has 0 radical (unpaired) electrons. The van der Waals surface area contributed by atoms with Crippen molar-refractivity contribution in [2.75, 3.05) is 0 Å². The summed E-state index contributed by atoms with van der Waals surface area (Å²) in [5.41, 5.74) is 2.44. The summed E-state index contributed by atoms with van der Waals surface area (Å²) in [6.45, 7) is 2.09. The third-order valence-electron chi connectivity index (χ3n) is 2.45. The van der Waals surface area contributed by atoms with Gasteiger partial charge in [0.25, 0.3) is 0 Å². The number of fused-ring (bicyclic) bond motifs is 1. The van der Waals surface area contributed by atoms with E-state index in [1.165, 1.54) is 5.56 Å². The Morgan fingerprint density at radius 3 is 2.82 bits per heavy atom. The standard InChI is InChI=1S/C10H12O/c1-7-6-8-4-2-3-5-9(8)10(7)11/h2-5,7,10-11H,6H2,1H3/t7-,10-/m1/s1. The summed E-state index contributed by atoms with van der Waals surface area (Å²) in [5.74, 6) is 0.396. The average Bonchev–Trinajstić information content (AvgIpc) is 2.30. The van der Waals surface area contributed by atoms with Crippen molar-refractivity contribution in [1.29, 1.82) is 0 Å². The summed E-state index contributed by atoms with van der Waals surface area (Å²) < 4.78 is 0. The fourth-order valence-corrected chi connectivity index (χ4v) is 1.77. The number of aliphatic hydroxyl groups excluding tert-OH is 1. The third-order valence-corrected chi connectivity index (χ3v) is 2.45. The van der Waals surface area contributed by atoms with Crippen molar-refractivity contribution >= 4 is 0 Å². The van der Waals surface area contributed by atoms with Crippen LogP contribution in [0.2, 0.25) is 0 Å². The molecule has 2 atom stereocenters. The molecule has 0 fully saturated rings. The van der Waals surface area contributed by atoms with Gasteiger partial charge in [-0.25, -0.2) is 0 Å². The molecule has 1 nitrogen and oxygen atoms in total. The maximum Gasteiger partial charge on any atom is 0.0821 e. The number of benzene rings is 1. The molecule has 1 aliphatic carbocycles. The Balaban J connectivity index is 2.47. The van der Waals surface area contributed by atoms with Gasteiger partial charge in [0.15, 0.2) is 0 Å². The maximum atomic E-state index is 9.65. The summed E-state index contributed by atoms with van der Waals surface area (Å²) in [4.78, 5) is 0. The van der Waals surface area contributed by atoms with E-state index in [1.54, 1.807) is 0 Å². The lowest BCUT2D eigenvalue weighted by molar-refractivity contribution is 0.133. The Morgan fingerprint density at radius 2 is 2.09 bits per heavy atom. The van der Waals surface area contributed by atoms with Gasteiger partial charge in [0, 0.05) is 0 Å². The number of rotatable bonds is 0. The molecule has 1 aromatic rings. The van der Waals surface area contributed by atoms with Crippen LogP contribution in [0.25, 0.3) is 0 Å². The smallest absolute Gasteiger partial charge is 0.0821 e. The van der Waals surface area contributed by atoms with Gasteiger partial charge in [-0.2, -0.15) is 0 Å². The molecule has 1 heteroatoms. The topological polar surface area (TPSA) is 20.2 Å². The van der Waals surface area contributed by atoms with Crippen LogP contribution in [0.1, 0.15) is 24.2 Å². The van der Waals surface area contributed by atoms with Crippen LogP contribution in [0.5, 0.6) is 0 Å². The Hall–Kier alpha value is -0.820. The third kappa shape index (κ3) is 0.962. The highest BCUT2D eigenvalue weighted by Crippen LogP contribution is 2.34. The van der Waals surface area contributed by atoms with Crippen molar-refractivity contribution in [2.45, 2.75) is 19.4 Å². The van der Waals surface area contributed by atoms with E-state index in [4.69, 9.17) is 0 Å². The SMILES string of the molecule is C[C@@H]1Cc2ccccc2[C@@H]1O. The maximum absolute atomic E-state index is 9.65. The summed E-state index contributed by atoms with van der Waals surface area (Å²) in [5, 5.41) is 9.65. The molecular weight excluding hydrogens is 136 g/mol. The van der Waals surface area contributed by atoms with Gasteiger partial charge in [-0.3, -0.25) is 0 Å². The first kappa shape index (κ1) is 6.86. The van der Waals surface area contributed by atoms with Crippen molar-refractivity contribution in [1.82, 2.24) is 0 Å². The highest BCUT2D eigenvalue weighted by Gasteiger charge is 2.26. The zero-order chi connectivity index (χ0) is 7.84. The van der Waals surface area contributed by atoms with Gasteiger partial charge in [0.1, 0.15) is 0 Å². The molecular formula is C10H12O. The van der Waals surface area contributed by atoms with Crippen molar-refractivity contribution < 1.29 is 5.11 Å². The number of aliphatic hydroxyl groups is 1. The minimum atomic E-state index is -0.230. The van der Waals surface area contributed by atoms with E-state index in [-0.39, 0.29) is 6.10 Å². The summed E-state index contributed by atoms with van der Waals surface area (Å²) >= 11 is 0. The van der Waals surface area contributed by atoms with Crippen LogP contribution in [0.15, 0.2) is 24.3 Å². The molecule has 0 unspecified atom stereocenters. The van der Waals surface area contributed by atoms with Gasteiger partial charge < -0.3 is 5.11 Å². The fraction of sp³-hybridized carbons (Fsp3) is 0.400. The highest BCUT2D eigenvalue weighted by atomic mass is 16.3. The van der Waals surface area contributed by atoms with Crippen molar-refractivity contribution in [3.05, 3.63) is 35.4 Å². The molecule has 0 saturated heterocycles. The molecule has 11 heavy (non-hydrogen) atoms. The summed E-state index contributed by atoms with van der Waals surface area (Å²) in [6.07, 6.45) is 0.795. The first-order valence-corrected chi connectivity index (χ1v) is 4.05. The minimum Gasteiger partial charge on any atom is -0.388 e. The van der Waals surface area contributed by atoms with E-state index in [0.29, 0.717) is 5.92 Å². The van der Waals surface area contributed by atoms with Crippen molar-refractivity contribution in [3.63, 3.8) is 0 Å². The molecule has 1 aliphatic rings. The van der Waals surface area contributed by atoms with Crippen molar-refractivity contribution in [2.24, 2.45) is 5.92 Å². The zero-order valence-electron chi connectivity index (χ0n) is 6.62. The predicted octanol–water partition coefficient (Wildman–Crippen LogP) is 1.91. The molecule has 0 aliphatic heterocycles. The Kier molecular flexibility index (Phi) is 1.46. The molecule has 0 amide bonds. The molecule has 0 heterocycles. The largest absolute Gasteiger partial charge is 0.388 e. The van der Waals surface area contributed by atoms with E-state index in [1.807, 2.05) is 18.2 Å². The lowest BCUT2D eigenvalue weighted by atomic mass is 10.1. The minimum absolute atomic E-state index is 0.230. The summed E-state index contributed by atoms with van der Waals surface area (Å²) in [7, 11) is 0. The number of hydrogen-bond donors (Lipinski definition) is 1. The van der Waals surface area contributed by atoms with E-state index in [9.17, 15) is 5.11 Å².